The van der Waals surface area contributed by atoms with Crippen molar-refractivity contribution in [3.8, 4) is 0 Å². The summed E-state index contributed by atoms with van der Waals surface area (Å²) in [4.78, 5) is 12.0. The van der Waals surface area contributed by atoms with E-state index in [1.165, 1.54) is 6.42 Å². The molecule has 0 radical (unpaired) electrons. The minimum Gasteiger partial charge on any atom is -0.456 e. The van der Waals surface area contributed by atoms with Gasteiger partial charge < -0.3 is 9.47 Å². The summed E-state index contributed by atoms with van der Waals surface area (Å²) >= 11 is 0. The molecule has 3 heteroatoms. The molecule has 1 heterocycles. The van der Waals surface area contributed by atoms with Gasteiger partial charge in [-0.15, -0.1) is 0 Å². The van der Waals surface area contributed by atoms with E-state index in [2.05, 4.69) is 20.8 Å². The fourth-order valence-electron chi connectivity index (χ4n) is 3.23. The molecule has 0 saturated heterocycles. The Morgan fingerprint density at radius 3 is 2.44 bits per heavy atom. The molecule has 102 valence electrons. The molecule has 0 aromatic rings. The molecular weight excluding hydrogens is 228 g/mol. The quantitative estimate of drug-likeness (QED) is 0.668. The maximum Gasteiger partial charge on any atom is 0.340 e. The molecule has 1 fully saturated rings. The Bertz CT molecular complexity index is 383. The van der Waals surface area contributed by atoms with Crippen LogP contribution in [0.1, 0.15) is 53.9 Å². The summed E-state index contributed by atoms with van der Waals surface area (Å²) in [6.07, 6.45) is 3.07. The summed E-state index contributed by atoms with van der Waals surface area (Å²) in [5.74, 6) is 1.09. The fourth-order valence-corrected chi connectivity index (χ4v) is 3.23. The Hall–Kier alpha value is -0.990. The molecule has 0 aromatic carbocycles. The number of allylic oxidation sites excluding steroid dienone is 1. The van der Waals surface area contributed by atoms with Gasteiger partial charge in [0, 0.05) is 12.3 Å². The van der Waals surface area contributed by atoms with Crippen molar-refractivity contribution >= 4 is 5.97 Å². The summed E-state index contributed by atoms with van der Waals surface area (Å²) in [6.45, 7) is 10.2. The van der Waals surface area contributed by atoms with Crippen molar-refractivity contribution < 1.29 is 14.3 Å². The lowest BCUT2D eigenvalue weighted by molar-refractivity contribution is -0.269. The normalized spacial score (nSPS) is 36.9. The minimum atomic E-state index is -0.716. The molecule has 18 heavy (non-hydrogen) atoms. The van der Waals surface area contributed by atoms with Crippen LogP contribution in [0.4, 0.5) is 0 Å². The molecule has 3 atom stereocenters. The third-order valence-corrected chi connectivity index (χ3v) is 4.40. The zero-order valence-corrected chi connectivity index (χ0v) is 12.1. The van der Waals surface area contributed by atoms with E-state index in [1.54, 1.807) is 6.92 Å². The van der Waals surface area contributed by atoms with E-state index in [0.717, 1.165) is 18.6 Å². The molecule has 1 aliphatic heterocycles. The highest BCUT2D eigenvalue weighted by molar-refractivity contribution is 5.89. The van der Waals surface area contributed by atoms with Crippen molar-refractivity contribution in [3.05, 3.63) is 11.3 Å². The van der Waals surface area contributed by atoms with E-state index < -0.39 is 5.79 Å². The predicted octanol–water partition coefficient (Wildman–Crippen LogP) is 3.64. The van der Waals surface area contributed by atoms with Gasteiger partial charge >= 0.3 is 5.97 Å². The van der Waals surface area contributed by atoms with Crippen LogP contribution in [0.2, 0.25) is 0 Å². The summed E-state index contributed by atoms with van der Waals surface area (Å²) in [7, 11) is 0. The lowest BCUT2D eigenvalue weighted by atomic mass is 9.72. The van der Waals surface area contributed by atoms with Gasteiger partial charge in [-0.05, 0) is 38.5 Å². The number of hydrogen-bond acceptors (Lipinski definition) is 3. The maximum atomic E-state index is 12.0. The molecule has 2 aliphatic rings. The van der Waals surface area contributed by atoms with Crippen LogP contribution in [-0.2, 0) is 14.3 Å². The standard InChI is InChI=1S/C15H24O3/c1-9(2)13-7-6-10(3)8-15(13)17-12(5)11(4)14(16)18-15/h9-10,13H,6-8H2,1-5H3/t10?,13?,15-/m1/s1. The van der Waals surface area contributed by atoms with Crippen molar-refractivity contribution in [1.82, 2.24) is 0 Å². The zero-order chi connectivity index (χ0) is 13.5. The Morgan fingerprint density at radius 2 is 1.89 bits per heavy atom. The molecule has 0 bridgehead atoms. The van der Waals surface area contributed by atoms with Gasteiger partial charge in [0.1, 0.15) is 5.76 Å². The molecule has 1 aliphatic carbocycles. The summed E-state index contributed by atoms with van der Waals surface area (Å²) < 4.78 is 11.8. The van der Waals surface area contributed by atoms with E-state index in [4.69, 9.17) is 9.47 Å². The van der Waals surface area contributed by atoms with E-state index in [-0.39, 0.29) is 5.97 Å². The van der Waals surface area contributed by atoms with Gasteiger partial charge in [0.2, 0.25) is 0 Å². The molecule has 0 N–H and O–H groups in total. The molecule has 0 aromatic heterocycles. The molecule has 1 spiro atoms. The second-order valence-corrected chi connectivity index (χ2v) is 6.22. The Labute approximate surface area is 110 Å². The largest absolute Gasteiger partial charge is 0.456 e. The predicted molar refractivity (Wildman–Crippen MR) is 69.6 cm³/mol. The van der Waals surface area contributed by atoms with Crippen LogP contribution in [0.3, 0.4) is 0 Å². The van der Waals surface area contributed by atoms with Crippen molar-refractivity contribution in [2.24, 2.45) is 17.8 Å². The lowest BCUT2D eigenvalue weighted by Gasteiger charge is -2.48. The second-order valence-electron chi connectivity index (χ2n) is 6.22. The highest BCUT2D eigenvalue weighted by atomic mass is 16.7. The van der Waals surface area contributed by atoms with Crippen molar-refractivity contribution in [2.75, 3.05) is 0 Å². The first-order valence-electron chi connectivity index (χ1n) is 6.95. The van der Waals surface area contributed by atoms with Crippen molar-refractivity contribution in [1.29, 1.82) is 0 Å². The van der Waals surface area contributed by atoms with Gasteiger partial charge in [-0.25, -0.2) is 4.79 Å². The van der Waals surface area contributed by atoms with Crippen LogP contribution in [0.25, 0.3) is 0 Å². The van der Waals surface area contributed by atoms with Crippen molar-refractivity contribution in [3.63, 3.8) is 0 Å². The first kappa shape index (κ1) is 13.4. The van der Waals surface area contributed by atoms with Gasteiger partial charge in [0.25, 0.3) is 5.79 Å². The van der Waals surface area contributed by atoms with E-state index in [1.807, 2.05) is 6.92 Å². The Balaban J connectivity index is 2.35. The minimum absolute atomic E-state index is 0.210. The van der Waals surface area contributed by atoms with E-state index >= 15 is 0 Å². The number of carbonyl (C=O) groups excluding carboxylic acids is 1. The van der Waals surface area contributed by atoms with Crippen LogP contribution in [0.15, 0.2) is 11.3 Å². The van der Waals surface area contributed by atoms with E-state index in [0.29, 0.717) is 23.3 Å². The van der Waals surface area contributed by atoms with Gasteiger partial charge in [-0.1, -0.05) is 20.8 Å². The van der Waals surface area contributed by atoms with Crippen LogP contribution >= 0.6 is 0 Å². The molecule has 1 saturated carbocycles. The Kier molecular flexibility index (Phi) is 3.43. The van der Waals surface area contributed by atoms with Crippen LogP contribution in [-0.4, -0.2) is 11.8 Å². The molecule has 2 rings (SSSR count). The second kappa shape index (κ2) is 4.60. The highest BCUT2D eigenvalue weighted by Crippen LogP contribution is 2.47. The van der Waals surface area contributed by atoms with Gasteiger partial charge in [0.15, 0.2) is 0 Å². The van der Waals surface area contributed by atoms with Crippen molar-refractivity contribution in [2.45, 2.75) is 59.7 Å². The zero-order valence-electron chi connectivity index (χ0n) is 12.1. The number of esters is 1. The van der Waals surface area contributed by atoms with Gasteiger partial charge in [0.05, 0.1) is 5.57 Å². The monoisotopic (exact) mass is 252 g/mol. The summed E-state index contributed by atoms with van der Waals surface area (Å²) in [6, 6.07) is 0. The number of hydrogen-bond donors (Lipinski definition) is 0. The maximum absolute atomic E-state index is 12.0. The lowest BCUT2D eigenvalue weighted by Crippen LogP contribution is -2.52. The Morgan fingerprint density at radius 1 is 1.22 bits per heavy atom. The first-order valence-corrected chi connectivity index (χ1v) is 6.95. The van der Waals surface area contributed by atoms with Gasteiger partial charge in [-0.2, -0.15) is 0 Å². The van der Waals surface area contributed by atoms with Crippen LogP contribution in [0.5, 0.6) is 0 Å². The first-order chi connectivity index (χ1) is 8.35. The number of rotatable bonds is 1. The third kappa shape index (κ3) is 2.15. The topological polar surface area (TPSA) is 35.5 Å². The fraction of sp³-hybridized carbons (Fsp3) is 0.800. The highest BCUT2D eigenvalue weighted by Gasteiger charge is 2.52. The molecular formula is C15H24O3. The molecule has 2 unspecified atom stereocenters. The number of carbonyl (C=O) groups is 1. The third-order valence-electron chi connectivity index (χ3n) is 4.40. The summed E-state index contributed by atoms with van der Waals surface area (Å²) in [5, 5.41) is 0. The molecule has 0 amide bonds. The van der Waals surface area contributed by atoms with E-state index in [9.17, 15) is 4.79 Å². The smallest absolute Gasteiger partial charge is 0.340 e. The van der Waals surface area contributed by atoms with Crippen LogP contribution in [0, 0.1) is 17.8 Å². The molecule has 3 nitrogen and oxygen atoms in total. The number of ether oxygens (including phenoxy) is 2. The average Bonchev–Trinajstić information content (AvgIpc) is 2.25. The SMILES string of the molecule is CC1=C(C)C(=O)O[C@@]2(CC(C)CCC2C(C)C)O1. The average molecular weight is 252 g/mol. The van der Waals surface area contributed by atoms with Gasteiger partial charge in [-0.3, -0.25) is 0 Å². The van der Waals surface area contributed by atoms with Crippen LogP contribution < -0.4 is 0 Å². The summed E-state index contributed by atoms with van der Waals surface area (Å²) in [5.41, 5.74) is 0.598.